The van der Waals surface area contributed by atoms with Crippen LogP contribution in [-0.4, -0.2) is 12.4 Å². The third-order valence-electron chi connectivity index (χ3n) is 1.49. The van der Waals surface area contributed by atoms with E-state index in [0.717, 1.165) is 6.08 Å². The molecule has 0 N–H and O–H groups in total. The highest BCUT2D eigenvalue weighted by atomic mass is 19.4. The van der Waals surface area contributed by atoms with Gasteiger partial charge in [0.15, 0.2) is 5.92 Å². The second-order valence-electron chi connectivity index (χ2n) is 4.29. The number of hydrogen-bond acceptors (Lipinski definition) is 0. The predicted octanol–water partition coefficient (Wildman–Crippen LogP) is 4.33. The Balaban J connectivity index is 4.94. The van der Waals surface area contributed by atoms with Crippen LogP contribution in [0, 0.1) is 11.3 Å². The first kappa shape index (κ1) is 14.3. The van der Waals surface area contributed by atoms with Gasteiger partial charge in [0.1, 0.15) is 0 Å². The van der Waals surface area contributed by atoms with Crippen LogP contribution >= 0.6 is 0 Å². The quantitative estimate of drug-likeness (QED) is 0.468. The molecule has 0 heterocycles. The van der Waals surface area contributed by atoms with Crippen LogP contribution in [0.2, 0.25) is 0 Å². The van der Waals surface area contributed by atoms with E-state index in [9.17, 15) is 26.3 Å². The smallest absolute Gasteiger partial charge is 0.170 e. The Bertz CT molecular complexity index is 212. The van der Waals surface area contributed by atoms with E-state index < -0.39 is 23.7 Å². The van der Waals surface area contributed by atoms with E-state index >= 15 is 0 Å². The molecule has 90 valence electrons. The number of allylic oxidation sites excluding steroid dienone is 2. The van der Waals surface area contributed by atoms with Gasteiger partial charge in [-0.1, -0.05) is 32.9 Å². The first-order chi connectivity index (χ1) is 6.34. The van der Waals surface area contributed by atoms with Crippen molar-refractivity contribution in [3.05, 3.63) is 12.2 Å². The standard InChI is InChI=1S/C9H12F6/c1-7(2,3)5-4-6(8(10,11)12)9(13,14)15/h4-6H,1-3H3/b5-4+. The van der Waals surface area contributed by atoms with Crippen molar-refractivity contribution in [1.29, 1.82) is 0 Å². The molecular formula is C9H12F6. The minimum absolute atomic E-state index is 0.167. The average Bonchev–Trinajstić information content (AvgIpc) is 1.75. The summed E-state index contributed by atoms with van der Waals surface area (Å²) in [5.74, 6) is -3.38. The maximum Gasteiger partial charge on any atom is 0.403 e. The van der Waals surface area contributed by atoms with Crippen LogP contribution in [0.1, 0.15) is 20.8 Å². The molecule has 0 spiro atoms. The largest absolute Gasteiger partial charge is 0.403 e. The molecule has 0 aliphatic rings. The van der Waals surface area contributed by atoms with Crippen molar-refractivity contribution in [3.63, 3.8) is 0 Å². The lowest BCUT2D eigenvalue weighted by molar-refractivity contribution is -0.267. The molecule has 0 atom stereocenters. The van der Waals surface area contributed by atoms with Gasteiger partial charge < -0.3 is 0 Å². The first-order valence-corrected chi connectivity index (χ1v) is 4.17. The molecular weight excluding hydrogens is 222 g/mol. The highest BCUT2D eigenvalue weighted by Crippen LogP contribution is 2.40. The zero-order chi connectivity index (χ0) is 12.5. The third-order valence-corrected chi connectivity index (χ3v) is 1.49. The SMILES string of the molecule is CC(C)(C)/C=C/C(C(F)(F)F)C(F)(F)F. The van der Waals surface area contributed by atoms with Crippen molar-refractivity contribution in [2.45, 2.75) is 33.1 Å². The van der Waals surface area contributed by atoms with E-state index in [0.29, 0.717) is 0 Å². The van der Waals surface area contributed by atoms with Gasteiger partial charge in [0, 0.05) is 0 Å². The zero-order valence-electron chi connectivity index (χ0n) is 8.50. The second-order valence-corrected chi connectivity index (χ2v) is 4.29. The topological polar surface area (TPSA) is 0 Å². The molecule has 0 amide bonds. The zero-order valence-corrected chi connectivity index (χ0v) is 8.50. The minimum Gasteiger partial charge on any atom is -0.170 e. The Hall–Kier alpha value is -0.680. The summed E-state index contributed by atoms with van der Waals surface area (Å²) in [7, 11) is 0. The van der Waals surface area contributed by atoms with Crippen LogP contribution in [0.5, 0.6) is 0 Å². The minimum atomic E-state index is -5.29. The normalized spacial score (nSPS) is 15.3. The fraction of sp³-hybridized carbons (Fsp3) is 0.778. The highest BCUT2D eigenvalue weighted by molar-refractivity contribution is 5.00. The Labute approximate surface area is 84.0 Å². The number of rotatable bonds is 1. The summed E-state index contributed by atoms with van der Waals surface area (Å²) >= 11 is 0. The maximum absolute atomic E-state index is 12.0. The van der Waals surface area contributed by atoms with E-state index in [4.69, 9.17) is 0 Å². The second kappa shape index (κ2) is 4.06. The lowest BCUT2D eigenvalue weighted by atomic mass is 9.94. The molecule has 0 rings (SSSR count). The molecule has 0 aromatic rings. The van der Waals surface area contributed by atoms with Crippen LogP contribution in [0.3, 0.4) is 0 Å². The number of halogens is 6. The molecule has 6 heteroatoms. The third kappa shape index (κ3) is 5.69. The Morgan fingerprint density at radius 2 is 1.13 bits per heavy atom. The van der Waals surface area contributed by atoms with Gasteiger partial charge in [0.2, 0.25) is 0 Å². The molecule has 0 bridgehead atoms. The fourth-order valence-electron chi connectivity index (χ4n) is 0.789. The van der Waals surface area contributed by atoms with Crippen molar-refractivity contribution in [3.8, 4) is 0 Å². The molecule has 0 radical (unpaired) electrons. The van der Waals surface area contributed by atoms with Crippen LogP contribution in [-0.2, 0) is 0 Å². The van der Waals surface area contributed by atoms with E-state index in [1.165, 1.54) is 20.8 Å². The van der Waals surface area contributed by atoms with Crippen molar-refractivity contribution >= 4 is 0 Å². The molecule has 0 fully saturated rings. The van der Waals surface area contributed by atoms with E-state index in [1.807, 2.05) is 0 Å². The lowest BCUT2D eigenvalue weighted by Gasteiger charge is -2.21. The van der Waals surface area contributed by atoms with E-state index in [1.54, 1.807) is 0 Å². The van der Waals surface area contributed by atoms with Gasteiger partial charge in [0.05, 0.1) is 0 Å². The summed E-state index contributed by atoms with van der Waals surface area (Å²) in [6, 6.07) is 0. The van der Waals surface area contributed by atoms with Crippen LogP contribution < -0.4 is 0 Å². The van der Waals surface area contributed by atoms with Crippen LogP contribution in [0.25, 0.3) is 0 Å². The molecule has 0 unspecified atom stereocenters. The molecule has 0 saturated heterocycles. The summed E-state index contributed by atoms with van der Waals surface area (Å²) < 4.78 is 72.1. The molecule has 0 aliphatic carbocycles. The molecule has 0 aromatic heterocycles. The highest BCUT2D eigenvalue weighted by Gasteiger charge is 2.54. The number of hydrogen-bond donors (Lipinski definition) is 0. The van der Waals surface area contributed by atoms with Crippen LogP contribution in [0.4, 0.5) is 26.3 Å². The summed E-state index contributed by atoms with van der Waals surface area (Å²) in [6.07, 6.45) is -9.50. The Morgan fingerprint density at radius 1 is 0.800 bits per heavy atom. The first-order valence-electron chi connectivity index (χ1n) is 4.17. The molecule has 0 aliphatic heterocycles. The number of alkyl halides is 6. The van der Waals surface area contributed by atoms with Gasteiger partial charge in [-0.2, -0.15) is 26.3 Å². The van der Waals surface area contributed by atoms with Crippen LogP contribution in [0.15, 0.2) is 12.2 Å². The van der Waals surface area contributed by atoms with Crippen molar-refractivity contribution < 1.29 is 26.3 Å². The van der Waals surface area contributed by atoms with Crippen molar-refractivity contribution in [2.24, 2.45) is 11.3 Å². The van der Waals surface area contributed by atoms with Gasteiger partial charge in [-0.05, 0) is 5.41 Å². The molecule has 15 heavy (non-hydrogen) atoms. The van der Waals surface area contributed by atoms with E-state index in [2.05, 4.69) is 0 Å². The average molecular weight is 234 g/mol. The van der Waals surface area contributed by atoms with Gasteiger partial charge >= 0.3 is 12.4 Å². The van der Waals surface area contributed by atoms with Crippen molar-refractivity contribution in [2.75, 3.05) is 0 Å². The van der Waals surface area contributed by atoms with E-state index in [-0.39, 0.29) is 6.08 Å². The summed E-state index contributed by atoms with van der Waals surface area (Å²) in [4.78, 5) is 0. The Kier molecular flexibility index (Phi) is 3.87. The van der Waals surface area contributed by atoms with Crippen molar-refractivity contribution in [1.82, 2.24) is 0 Å². The monoisotopic (exact) mass is 234 g/mol. The van der Waals surface area contributed by atoms with Gasteiger partial charge in [-0.15, -0.1) is 0 Å². The Morgan fingerprint density at radius 3 is 1.33 bits per heavy atom. The fourth-order valence-corrected chi connectivity index (χ4v) is 0.789. The molecule has 0 aromatic carbocycles. The van der Waals surface area contributed by atoms with Gasteiger partial charge in [0.25, 0.3) is 0 Å². The maximum atomic E-state index is 12.0. The molecule has 0 nitrogen and oxygen atoms in total. The summed E-state index contributed by atoms with van der Waals surface area (Å²) in [6.45, 7) is 4.56. The van der Waals surface area contributed by atoms with Gasteiger partial charge in [-0.3, -0.25) is 0 Å². The van der Waals surface area contributed by atoms with Gasteiger partial charge in [-0.25, -0.2) is 0 Å². The summed E-state index contributed by atoms with van der Waals surface area (Å²) in [5, 5.41) is 0. The molecule has 0 saturated carbocycles. The lowest BCUT2D eigenvalue weighted by Crippen LogP contribution is -2.35. The summed E-state index contributed by atoms with van der Waals surface area (Å²) in [5.41, 5.74) is -0.714. The predicted molar refractivity (Wildman–Crippen MR) is 44.2 cm³/mol.